The maximum Gasteiger partial charge on any atom is 0.130 e. The van der Waals surface area contributed by atoms with E-state index in [0.29, 0.717) is 13.2 Å². The van der Waals surface area contributed by atoms with Gasteiger partial charge < -0.3 is 15.8 Å². The maximum absolute atomic E-state index is 5.41. The van der Waals surface area contributed by atoms with Gasteiger partial charge in [-0.15, -0.1) is 0 Å². The number of benzene rings is 1. The Morgan fingerprint density at radius 2 is 1.94 bits per heavy atom. The molecule has 0 spiro atoms. The molecular formula is C14H17N3O. The molecule has 2 rings (SSSR count). The predicted octanol–water partition coefficient (Wildman–Crippen LogP) is 2.47. The molecule has 0 fully saturated rings. The second-order valence-electron chi connectivity index (χ2n) is 4.01. The van der Waals surface area contributed by atoms with E-state index >= 15 is 0 Å². The van der Waals surface area contributed by atoms with Gasteiger partial charge in [-0.25, -0.2) is 4.98 Å². The Kier molecular flexibility index (Phi) is 4.15. The monoisotopic (exact) mass is 243 g/mol. The van der Waals surface area contributed by atoms with Gasteiger partial charge in [-0.2, -0.15) is 0 Å². The van der Waals surface area contributed by atoms with Gasteiger partial charge in [-0.3, -0.25) is 0 Å². The second kappa shape index (κ2) is 6.02. The number of aromatic nitrogens is 1. The summed E-state index contributed by atoms with van der Waals surface area (Å²) in [5.74, 6) is 1.65. The first kappa shape index (κ1) is 12.4. The molecule has 94 valence electrons. The van der Waals surface area contributed by atoms with Crippen LogP contribution in [0.25, 0.3) is 0 Å². The highest BCUT2D eigenvalue weighted by Gasteiger charge is 1.97. The van der Waals surface area contributed by atoms with E-state index in [4.69, 9.17) is 10.5 Å². The molecule has 0 aliphatic rings. The molecule has 0 radical (unpaired) electrons. The first-order valence-corrected chi connectivity index (χ1v) is 5.90. The number of nitrogens with zero attached hydrogens (tertiary/aromatic N) is 1. The van der Waals surface area contributed by atoms with Gasteiger partial charge in [0.15, 0.2) is 0 Å². The van der Waals surface area contributed by atoms with Crippen molar-refractivity contribution in [2.75, 3.05) is 18.5 Å². The summed E-state index contributed by atoms with van der Waals surface area (Å²) < 4.78 is 5.41. The normalized spacial score (nSPS) is 10.1. The molecule has 0 atom stereocenters. The van der Waals surface area contributed by atoms with Crippen molar-refractivity contribution in [3.63, 3.8) is 0 Å². The van der Waals surface area contributed by atoms with Crippen molar-refractivity contribution in [2.24, 2.45) is 5.73 Å². The summed E-state index contributed by atoms with van der Waals surface area (Å²) >= 11 is 0. The van der Waals surface area contributed by atoms with Crippen LogP contribution < -0.4 is 15.8 Å². The number of nitrogens with one attached hydrogen (secondary N) is 1. The third kappa shape index (κ3) is 3.46. The van der Waals surface area contributed by atoms with Crippen LogP contribution in [0.3, 0.4) is 0 Å². The molecule has 0 saturated carbocycles. The molecule has 18 heavy (non-hydrogen) atoms. The molecule has 0 aliphatic heterocycles. The van der Waals surface area contributed by atoms with E-state index in [0.717, 1.165) is 22.8 Å². The zero-order valence-electron chi connectivity index (χ0n) is 10.4. The minimum Gasteiger partial charge on any atom is -0.492 e. The molecule has 0 amide bonds. The Labute approximate surface area is 107 Å². The van der Waals surface area contributed by atoms with Crippen LogP contribution in [0.1, 0.15) is 5.56 Å². The first-order valence-electron chi connectivity index (χ1n) is 5.90. The number of nitrogens with two attached hydrogens (primary N) is 1. The highest BCUT2D eigenvalue weighted by Crippen LogP contribution is 2.18. The third-order valence-electron chi connectivity index (χ3n) is 2.42. The number of hydrogen-bond acceptors (Lipinski definition) is 4. The van der Waals surface area contributed by atoms with Gasteiger partial charge >= 0.3 is 0 Å². The van der Waals surface area contributed by atoms with Gasteiger partial charge in [0.1, 0.15) is 18.2 Å². The largest absolute Gasteiger partial charge is 0.492 e. The van der Waals surface area contributed by atoms with E-state index < -0.39 is 0 Å². The highest BCUT2D eigenvalue weighted by atomic mass is 16.5. The molecule has 0 bridgehead atoms. The fourth-order valence-electron chi connectivity index (χ4n) is 1.50. The molecule has 3 N–H and O–H groups in total. The lowest BCUT2D eigenvalue weighted by molar-refractivity contribution is 0.328. The summed E-state index contributed by atoms with van der Waals surface area (Å²) in [5.41, 5.74) is 7.50. The van der Waals surface area contributed by atoms with E-state index in [1.807, 2.05) is 49.5 Å². The molecule has 1 aromatic heterocycles. The van der Waals surface area contributed by atoms with Crippen molar-refractivity contribution in [1.29, 1.82) is 0 Å². The average Bonchev–Trinajstić information content (AvgIpc) is 2.41. The number of pyridine rings is 1. The zero-order valence-corrected chi connectivity index (χ0v) is 10.4. The van der Waals surface area contributed by atoms with E-state index in [2.05, 4.69) is 10.3 Å². The summed E-state index contributed by atoms with van der Waals surface area (Å²) in [6, 6.07) is 11.7. The maximum atomic E-state index is 5.41. The van der Waals surface area contributed by atoms with Crippen molar-refractivity contribution < 1.29 is 4.74 Å². The van der Waals surface area contributed by atoms with E-state index in [-0.39, 0.29) is 0 Å². The van der Waals surface area contributed by atoms with Crippen LogP contribution in [-0.4, -0.2) is 18.1 Å². The van der Waals surface area contributed by atoms with Crippen molar-refractivity contribution in [1.82, 2.24) is 4.98 Å². The number of rotatable bonds is 5. The van der Waals surface area contributed by atoms with Crippen molar-refractivity contribution >= 4 is 11.5 Å². The van der Waals surface area contributed by atoms with Crippen molar-refractivity contribution in [2.45, 2.75) is 6.92 Å². The van der Waals surface area contributed by atoms with Gasteiger partial charge in [0.2, 0.25) is 0 Å². The van der Waals surface area contributed by atoms with Gasteiger partial charge in [-0.1, -0.05) is 6.07 Å². The predicted molar refractivity (Wildman–Crippen MR) is 73.2 cm³/mol. The Balaban J connectivity index is 1.99. The zero-order chi connectivity index (χ0) is 12.8. The van der Waals surface area contributed by atoms with Crippen LogP contribution >= 0.6 is 0 Å². The molecule has 4 heteroatoms. The summed E-state index contributed by atoms with van der Waals surface area (Å²) in [7, 11) is 0. The van der Waals surface area contributed by atoms with Crippen molar-refractivity contribution in [3.05, 3.63) is 48.2 Å². The van der Waals surface area contributed by atoms with Crippen molar-refractivity contribution in [3.8, 4) is 5.75 Å². The summed E-state index contributed by atoms with van der Waals surface area (Å²) in [6.45, 7) is 3.07. The third-order valence-corrected chi connectivity index (χ3v) is 2.42. The van der Waals surface area contributed by atoms with E-state index in [1.54, 1.807) is 0 Å². The Morgan fingerprint density at radius 3 is 2.56 bits per heavy atom. The smallest absolute Gasteiger partial charge is 0.130 e. The Hall–Kier alpha value is -2.07. The van der Waals surface area contributed by atoms with Gasteiger partial charge in [0, 0.05) is 18.4 Å². The van der Waals surface area contributed by atoms with E-state index in [9.17, 15) is 0 Å². The number of anilines is 2. The summed E-state index contributed by atoms with van der Waals surface area (Å²) in [4.78, 5) is 4.29. The lowest BCUT2D eigenvalue weighted by Gasteiger charge is -2.08. The Bertz CT molecular complexity index is 479. The molecule has 1 aromatic carbocycles. The molecule has 0 aliphatic carbocycles. The van der Waals surface area contributed by atoms with Gasteiger partial charge in [0.05, 0.1) is 0 Å². The van der Waals surface area contributed by atoms with Gasteiger partial charge in [0.25, 0.3) is 0 Å². The summed E-state index contributed by atoms with van der Waals surface area (Å²) in [5, 5.41) is 3.22. The van der Waals surface area contributed by atoms with Crippen LogP contribution in [0.15, 0.2) is 42.6 Å². The first-order chi connectivity index (χ1) is 8.78. The molecule has 2 aromatic rings. The van der Waals surface area contributed by atoms with Crippen LogP contribution in [0.4, 0.5) is 11.5 Å². The lowest BCUT2D eigenvalue weighted by Crippen LogP contribution is -2.10. The Morgan fingerprint density at radius 1 is 1.17 bits per heavy atom. The fourth-order valence-corrected chi connectivity index (χ4v) is 1.50. The van der Waals surface area contributed by atoms with Gasteiger partial charge in [-0.05, 0) is 42.8 Å². The number of aryl methyl sites for hydroxylation is 1. The number of hydrogen-bond donors (Lipinski definition) is 2. The highest BCUT2D eigenvalue weighted by molar-refractivity contribution is 5.57. The minimum absolute atomic E-state index is 0.521. The standard InChI is InChI=1S/C14H17N3O/c1-11-2-7-14(16-10-11)17-12-3-5-13(6-4-12)18-9-8-15/h2-7,10H,8-9,15H2,1H3,(H,16,17). The minimum atomic E-state index is 0.521. The van der Waals surface area contributed by atoms with Crippen LogP contribution in [0.5, 0.6) is 5.75 Å². The molecule has 0 unspecified atom stereocenters. The lowest BCUT2D eigenvalue weighted by atomic mass is 10.3. The van der Waals surface area contributed by atoms with E-state index in [1.165, 1.54) is 0 Å². The number of ether oxygens (including phenoxy) is 1. The quantitative estimate of drug-likeness (QED) is 0.847. The summed E-state index contributed by atoms with van der Waals surface area (Å²) in [6.07, 6.45) is 1.83. The molecule has 1 heterocycles. The van der Waals surface area contributed by atoms with Crippen LogP contribution in [0.2, 0.25) is 0 Å². The van der Waals surface area contributed by atoms with Crippen LogP contribution in [-0.2, 0) is 0 Å². The molecule has 4 nitrogen and oxygen atoms in total. The SMILES string of the molecule is Cc1ccc(Nc2ccc(OCCN)cc2)nc1. The molecule has 0 saturated heterocycles. The van der Waals surface area contributed by atoms with Crippen LogP contribution in [0, 0.1) is 6.92 Å². The topological polar surface area (TPSA) is 60.2 Å². The molecular weight excluding hydrogens is 226 g/mol. The fraction of sp³-hybridized carbons (Fsp3) is 0.214. The average molecular weight is 243 g/mol. The second-order valence-corrected chi connectivity index (χ2v) is 4.01.